The SMILES string of the molecule is CCCNCc1cccc(Cl)c1OCCCC(F)(F)F. The van der Waals surface area contributed by atoms with Crippen LogP contribution in [0.25, 0.3) is 0 Å². The summed E-state index contributed by atoms with van der Waals surface area (Å²) < 4.78 is 41.6. The van der Waals surface area contributed by atoms with Crippen molar-refractivity contribution >= 4 is 11.6 Å². The van der Waals surface area contributed by atoms with Gasteiger partial charge in [-0.15, -0.1) is 0 Å². The van der Waals surface area contributed by atoms with Gasteiger partial charge in [0.15, 0.2) is 0 Å². The van der Waals surface area contributed by atoms with Gasteiger partial charge in [-0.3, -0.25) is 0 Å². The highest BCUT2D eigenvalue weighted by Crippen LogP contribution is 2.29. The van der Waals surface area contributed by atoms with Gasteiger partial charge < -0.3 is 10.1 Å². The smallest absolute Gasteiger partial charge is 0.389 e. The molecular formula is C14H19ClF3NO. The first-order valence-corrected chi connectivity index (χ1v) is 6.99. The molecule has 0 heterocycles. The van der Waals surface area contributed by atoms with E-state index in [4.69, 9.17) is 16.3 Å². The van der Waals surface area contributed by atoms with E-state index >= 15 is 0 Å². The van der Waals surface area contributed by atoms with Crippen LogP contribution in [0.5, 0.6) is 5.75 Å². The van der Waals surface area contributed by atoms with Gasteiger partial charge in [-0.25, -0.2) is 0 Å². The van der Waals surface area contributed by atoms with Gasteiger partial charge in [0.25, 0.3) is 0 Å². The van der Waals surface area contributed by atoms with Crippen LogP contribution < -0.4 is 10.1 Å². The number of nitrogens with one attached hydrogen (secondary N) is 1. The lowest BCUT2D eigenvalue weighted by molar-refractivity contribution is -0.136. The first-order chi connectivity index (χ1) is 9.44. The second-order valence-corrected chi connectivity index (χ2v) is 4.88. The molecule has 2 nitrogen and oxygen atoms in total. The molecule has 0 aliphatic heterocycles. The highest BCUT2D eigenvalue weighted by atomic mass is 35.5. The molecule has 20 heavy (non-hydrogen) atoms. The van der Waals surface area contributed by atoms with Gasteiger partial charge in [0, 0.05) is 18.5 Å². The minimum Gasteiger partial charge on any atom is -0.492 e. The van der Waals surface area contributed by atoms with Crippen LogP contribution in [0.3, 0.4) is 0 Å². The molecule has 0 fully saturated rings. The summed E-state index contributed by atoms with van der Waals surface area (Å²) in [6.07, 6.45) is -4.06. The molecule has 1 N–H and O–H groups in total. The van der Waals surface area contributed by atoms with E-state index in [1.165, 1.54) is 0 Å². The van der Waals surface area contributed by atoms with Gasteiger partial charge in [0.1, 0.15) is 5.75 Å². The van der Waals surface area contributed by atoms with Crippen LogP contribution in [0.1, 0.15) is 31.7 Å². The predicted octanol–water partition coefficient (Wildman–Crippen LogP) is 4.56. The van der Waals surface area contributed by atoms with Crippen molar-refractivity contribution in [3.63, 3.8) is 0 Å². The highest BCUT2D eigenvalue weighted by Gasteiger charge is 2.26. The molecule has 6 heteroatoms. The number of rotatable bonds is 8. The van der Waals surface area contributed by atoms with E-state index in [1.807, 2.05) is 6.07 Å². The maximum Gasteiger partial charge on any atom is 0.389 e. The Morgan fingerprint density at radius 1 is 1.30 bits per heavy atom. The summed E-state index contributed by atoms with van der Waals surface area (Å²) >= 11 is 6.04. The zero-order chi connectivity index (χ0) is 15.0. The number of ether oxygens (including phenoxy) is 1. The number of alkyl halides is 3. The van der Waals surface area contributed by atoms with Crippen molar-refractivity contribution < 1.29 is 17.9 Å². The van der Waals surface area contributed by atoms with E-state index in [2.05, 4.69) is 12.2 Å². The lowest BCUT2D eigenvalue weighted by Gasteiger charge is -2.14. The Morgan fingerprint density at radius 2 is 2.05 bits per heavy atom. The van der Waals surface area contributed by atoms with Crippen molar-refractivity contribution in [3.8, 4) is 5.75 Å². The summed E-state index contributed by atoms with van der Waals surface area (Å²) in [5, 5.41) is 3.64. The van der Waals surface area contributed by atoms with Crippen molar-refractivity contribution in [2.75, 3.05) is 13.2 Å². The van der Waals surface area contributed by atoms with Crippen molar-refractivity contribution in [1.82, 2.24) is 5.32 Å². The van der Waals surface area contributed by atoms with Crippen LogP contribution in [0, 0.1) is 0 Å². The number of halogens is 4. The molecule has 1 aromatic rings. The van der Waals surface area contributed by atoms with E-state index in [0.29, 0.717) is 17.3 Å². The number of hydrogen-bond acceptors (Lipinski definition) is 2. The van der Waals surface area contributed by atoms with E-state index < -0.39 is 12.6 Å². The Bertz CT molecular complexity index is 410. The van der Waals surface area contributed by atoms with E-state index in [9.17, 15) is 13.2 Å². The van der Waals surface area contributed by atoms with Crippen molar-refractivity contribution in [2.24, 2.45) is 0 Å². The van der Waals surface area contributed by atoms with Gasteiger partial charge in [-0.1, -0.05) is 30.7 Å². The van der Waals surface area contributed by atoms with Crippen LogP contribution in [0.4, 0.5) is 13.2 Å². The summed E-state index contributed by atoms with van der Waals surface area (Å²) in [4.78, 5) is 0. The maximum absolute atomic E-state index is 12.1. The third-order valence-corrected chi connectivity index (χ3v) is 2.94. The third-order valence-electron chi connectivity index (χ3n) is 2.64. The first kappa shape index (κ1) is 17.1. The Labute approximate surface area is 122 Å². The Balaban J connectivity index is 2.54. The van der Waals surface area contributed by atoms with Crippen LogP contribution in [0.2, 0.25) is 5.02 Å². The number of benzene rings is 1. The molecule has 0 unspecified atom stereocenters. The number of para-hydroxylation sites is 1. The summed E-state index contributed by atoms with van der Waals surface area (Å²) in [5.74, 6) is 0.472. The van der Waals surface area contributed by atoms with E-state index in [-0.39, 0.29) is 13.0 Å². The topological polar surface area (TPSA) is 21.3 Å². The summed E-state index contributed by atoms with van der Waals surface area (Å²) in [7, 11) is 0. The average molecular weight is 310 g/mol. The molecule has 1 rings (SSSR count). The molecular weight excluding hydrogens is 291 g/mol. The second-order valence-electron chi connectivity index (χ2n) is 4.47. The summed E-state index contributed by atoms with van der Waals surface area (Å²) in [6, 6.07) is 5.32. The number of hydrogen-bond donors (Lipinski definition) is 1. The van der Waals surface area contributed by atoms with Crippen molar-refractivity contribution in [3.05, 3.63) is 28.8 Å². The monoisotopic (exact) mass is 309 g/mol. The molecule has 0 aromatic heterocycles. The maximum atomic E-state index is 12.1. The standard InChI is InChI=1S/C14H19ClF3NO/c1-2-8-19-10-11-5-3-6-12(15)13(11)20-9-4-7-14(16,17)18/h3,5-6,19H,2,4,7-10H2,1H3. The molecule has 0 saturated heterocycles. The van der Waals surface area contributed by atoms with Crippen LogP contribution in [-0.2, 0) is 6.54 Å². The molecule has 0 atom stereocenters. The van der Waals surface area contributed by atoms with Crippen molar-refractivity contribution in [2.45, 2.75) is 38.9 Å². The largest absolute Gasteiger partial charge is 0.492 e. The second kappa shape index (κ2) is 8.37. The molecule has 0 aliphatic carbocycles. The van der Waals surface area contributed by atoms with Gasteiger partial charge in [0.2, 0.25) is 0 Å². The predicted molar refractivity (Wildman–Crippen MR) is 74.2 cm³/mol. The third kappa shape index (κ3) is 6.48. The lowest BCUT2D eigenvalue weighted by atomic mass is 10.2. The first-order valence-electron chi connectivity index (χ1n) is 6.61. The average Bonchev–Trinajstić information content (AvgIpc) is 2.36. The van der Waals surface area contributed by atoms with Gasteiger partial charge in [-0.2, -0.15) is 13.2 Å². The zero-order valence-electron chi connectivity index (χ0n) is 11.4. The molecule has 0 amide bonds. The van der Waals surface area contributed by atoms with Crippen LogP contribution in [0.15, 0.2) is 18.2 Å². The van der Waals surface area contributed by atoms with Crippen LogP contribution in [-0.4, -0.2) is 19.3 Å². The van der Waals surface area contributed by atoms with E-state index in [0.717, 1.165) is 18.5 Å². The van der Waals surface area contributed by atoms with E-state index in [1.54, 1.807) is 12.1 Å². The molecule has 0 aliphatic rings. The normalized spacial score (nSPS) is 11.7. The molecule has 0 spiro atoms. The summed E-state index contributed by atoms with van der Waals surface area (Å²) in [6.45, 7) is 3.51. The minimum absolute atomic E-state index is 0.00399. The molecule has 1 aromatic carbocycles. The van der Waals surface area contributed by atoms with Gasteiger partial charge >= 0.3 is 6.18 Å². The fourth-order valence-corrected chi connectivity index (χ4v) is 1.95. The van der Waals surface area contributed by atoms with Gasteiger partial charge in [-0.05, 0) is 25.5 Å². The fraction of sp³-hybridized carbons (Fsp3) is 0.571. The molecule has 0 radical (unpaired) electrons. The van der Waals surface area contributed by atoms with Gasteiger partial charge in [0.05, 0.1) is 11.6 Å². The van der Waals surface area contributed by atoms with Crippen LogP contribution >= 0.6 is 11.6 Å². The van der Waals surface area contributed by atoms with Crippen molar-refractivity contribution in [1.29, 1.82) is 0 Å². The Morgan fingerprint density at radius 3 is 2.70 bits per heavy atom. The molecule has 0 saturated carbocycles. The molecule has 0 bridgehead atoms. The Kier molecular flexibility index (Phi) is 7.16. The lowest BCUT2D eigenvalue weighted by Crippen LogP contribution is -2.15. The minimum atomic E-state index is -4.14. The Hall–Kier alpha value is -0.940. The summed E-state index contributed by atoms with van der Waals surface area (Å²) in [5.41, 5.74) is 0.859. The fourth-order valence-electron chi connectivity index (χ4n) is 1.70. The quantitative estimate of drug-likeness (QED) is 0.711. The highest BCUT2D eigenvalue weighted by molar-refractivity contribution is 6.32. The zero-order valence-corrected chi connectivity index (χ0v) is 12.2. The molecule has 114 valence electrons.